The van der Waals surface area contributed by atoms with Crippen molar-refractivity contribution in [2.24, 2.45) is 11.3 Å². The lowest BCUT2D eigenvalue weighted by Gasteiger charge is -2.34. The summed E-state index contributed by atoms with van der Waals surface area (Å²) in [6, 6.07) is 6.03. The number of hydrogen-bond acceptors (Lipinski definition) is 4. The summed E-state index contributed by atoms with van der Waals surface area (Å²) in [4.78, 5) is 13.9. The fourth-order valence-electron chi connectivity index (χ4n) is 4.63. The van der Waals surface area contributed by atoms with Gasteiger partial charge in [-0.25, -0.2) is 0 Å². The van der Waals surface area contributed by atoms with Crippen LogP contribution in [0.15, 0.2) is 18.2 Å². The zero-order chi connectivity index (χ0) is 20.1. The van der Waals surface area contributed by atoms with Crippen molar-refractivity contribution < 1.29 is 14.3 Å². The molecule has 1 aliphatic carbocycles. The molecule has 4 nitrogen and oxygen atoms in total. The van der Waals surface area contributed by atoms with Crippen LogP contribution < -0.4 is 14.8 Å². The van der Waals surface area contributed by atoms with E-state index in [1.807, 2.05) is 12.1 Å². The van der Waals surface area contributed by atoms with Crippen molar-refractivity contribution in [2.45, 2.75) is 52.4 Å². The lowest BCUT2D eigenvalue weighted by molar-refractivity contribution is -0.116. The Hall–Kier alpha value is -2.01. The fourth-order valence-corrected chi connectivity index (χ4v) is 6.04. The SMILES string of the molecule is COc1ccc([C@@H]2CC(=O)Nc3sc4c(c32)CC[C@@H](C(C)(C)C)C4)cc1OC. The first-order valence-corrected chi connectivity index (χ1v) is 10.8. The summed E-state index contributed by atoms with van der Waals surface area (Å²) in [5, 5.41) is 4.20. The quantitative estimate of drug-likeness (QED) is 0.753. The topological polar surface area (TPSA) is 47.6 Å². The molecule has 28 heavy (non-hydrogen) atoms. The van der Waals surface area contributed by atoms with Crippen LogP contribution in [0, 0.1) is 11.3 Å². The molecule has 0 saturated heterocycles. The van der Waals surface area contributed by atoms with E-state index in [-0.39, 0.29) is 11.8 Å². The van der Waals surface area contributed by atoms with Crippen LogP contribution in [0.5, 0.6) is 11.5 Å². The molecule has 1 aliphatic heterocycles. The van der Waals surface area contributed by atoms with Crippen molar-refractivity contribution in [1.82, 2.24) is 0 Å². The van der Waals surface area contributed by atoms with E-state index in [0.717, 1.165) is 23.4 Å². The first-order valence-electron chi connectivity index (χ1n) is 9.98. The van der Waals surface area contributed by atoms with Crippen LogP contribution in [0.4, 0.5) is 5.00 Å². The number of rotatable bonds is 3. The predicted octanol–water partition coefficient (Wildman–Crippen LogP) is 5.39. The van der Waals surface area contributed by atoms with E-state index in [1.165, 1.54) is 22.4 Å². The predicted molar refractivity (Wildman–Crippen MR) is 114 cm³/mol. The number of anilines is 1. The monoisotopic (exact) mass is 399 g/mol. The Balaban J connectivity index is 1.76. The molecule has 2 aliphatic rings. The van der Waals surface area contributed by atoms with Gasteiger partial charge in [0.1, 0.15) is 0 Å². The van der Waals surface area contributed by atoms with Gasteiger partial charge in [-0.2, -0.15) is 0 Å². The Morgan fingerprint density at radius 2 is 1.86 bits per heavy atom. The third-order valence-electron chi connectivity index (χ3n) is 6.33. The maximum Gasteiger partial charge on any atom is 0.225 e. The number of amides is 1. The highest BCUT2D eigenvalue weighted by Crippen LogP contribution is 2.50. The van der Waals surface area contributed by atoms with Crippen molar-refractivity contribution >= 4 is 22.2 Å². The highest BCUT2D eigenvalue weighted by molar-refractivity contribution is 7.16. The molecule has 2 heterocycles. The van der Waals surface area contributed by atoms with E-state index < -0.39 is 0 Å². The third-order valence-corrected chi connectivity index (χ3v) is 7.52. The summed E-state index contributed by atoms with van der Waals surface area (Å²) >= 11 is 1.79. The van der Waals surface area contributed by atoms with Gasteiger partial charge in [0, 0.05) is 17.2 Å². The van der Waals surface area contributed by atoms with Gasteiger partial charge < -0.3 is 14.8 Å². The Bertz CT molecular complexity index is 909. The summed E-state index contributed by atoms with van der Waals surface area (Å²) in [5.74, 6) is 2.29. The number of carbonyl (C=O) groups is 1. The minimum atomic E-state index is 0.0785. The Labute approximate surface area is 171 Å². The number of fused-ring (bicyclic) bond motifs is 3. The van der Waals surface area contributed by atoms with Gasteiger partial charge in [-0.05, 0) is 59.4 Å². The van der Waals surface area contributed by atoms with Gasteiger partial charge in [0.2, 0.25) is 5.91 Å². The number of ether oxygens (including phenoxy) is 2. The van der Waals surface area contributed by atoms with Crippen molar-refractivity contribution in [2.75, 3.05) is 19.5 Å². The number of thiophene rings is 1. The average Bonchev–Trinajstić information content (AvgIpc) is 3.03. The fraction of sp³-hybridized carbons (Fsp3) is 0.522. The third kappa shape index (κ3) is 3.30. The minimum Gasteiger partial charge on any atom is -0.493 e. The van der Waals surface area contributed by atoms with Gasteiger partial charge >= 0.3 is 0 Å². The molecule has 2 aromatic rings. The molecule has 1 aromatic carbocycles. The van der Waals surface area contributed by atoms with Gasteiger partial charge in [0.05, 0.1) is 19.2 Å². The zero-order valence-electron chi connectivity index (χ0n) is 17.3. The molecule has 1 N–H and O–H groups in total. The molecule has 0 bridgehead atoms. The number of carbonyl (C=O) groups excluding carboxylic acids is 1. The second-order valence-electron chi connectivity index (χ2n) is 8.97. The summed E-state index contributed by atoms with van der Waals surface area (Å²) in [7, 11) is 3.30. The van der Waals surface area contributed by atoms with Crippen LogP contribution in [0.25, 0.3) is 0 Å². The van der Waals surface area contributed by atoms with Crippen LogP contribution in [-0.2, 0) is 17.6 Å². The van der Waals surface area contributed by atoms with Crippen molar-refractivity contribution in [3.05, 3.63) is 39.8 Å². The van der Waals surface area contributed by atoms with E-state index >= 15 is 0 Å². The number of nitrogens with one attached hydrogen (secondary N) is 1. The standard InChI is InChI=1S/C23H29NO3S/c1-23(2,3)14-7-8-15-19(11-14)28-22-21(15)16(12-20(25)24-22)13-6-9-17(26-4)18(10-13)27-5/h6,9-10,14,16H,7-8,11-12H2,1-5H3,(H,24,25)/t14-,16+/m1/s1. The molecular formula is C23H29NO3S. The molecule has 5 heteroatoms. The van der Waals surface area contributed by atoms with E-state index in [9.17, 15) is 4.79 Å². The van der Waals surface area contributed by atoms with Crippen molar-refractivity contribution in [3.63, 3.8) is 0 Å². The van der Waals surface area contributed by atoms with E-state index in [4.69, 9.17) is 9.47 Å². The summed E-state index contributed by atoms with van der Waals surface area (Å²) in [6.07, 6.45) is 3.91. The number of hydrogen-bond donors (Lipinski definition) is 1. The van der Waals surface area contributed by atoms with Gasteiger partial charge in [-0.3, -0.25) is 4.79 Å². The van der Waals surface area contributed by atoms with E-state index in [2.05, 4.69) is 32.2 Å². The lowest BCUT2D eigenvalue weighted by Crippen LogP contribution is -2.27. The largest absolute Gasteiger partial charge is 0.493 e. The Kier molecular flexibility index (Phi) is 4.90. The molecule has 0 spiro atoms. The molecule has 4 rings (SSSR count). The van der Waals surface area contributed by atoms with Crippen LogP contribution in [0.2, 0.25) is 0 Å². The van der Waals surface area contributed by atoms with Crippen LogP contribution >= 0.6 is 11.3 Å². The Morgan fingerprint density at radius 3 is 2.54 bits per heavy atom. The summed E-state index contributed by atoms with van der Waals surface area (Å²) < 4.78 is 10.9. The van der Waals surface area contributed by atoms with Crippen molar-refractivity contribution in [3.8, 4) is 11.5 Å². The highest BCUT2D eigenvalue weighted by atomic mass is 32.1. The molecular weight excluding hydrogens is 370 g/mol. The summed E-state index contributed by atoms with van der Waals surface area (Å²) in [5.41, 5.74) is 4.24. The molecule has 0 radical (unpaired) electrons. The first-order chi connectivity index (χ1) is 13.3. The normalized spacial score (nSPS) is 21.5. The second-order valence-corrected chi connectivity index (χ2v) is 10.1. The number of methoxy groups -OCH3 is 2. The average molecular weight is 400 g/mol. The molecule has 150 valence electrons. The number of benzene rings is 1. The van der Waals surface area contributed by atoms with E-state index in [1.54, 1.807) is 25.6 Å². The lowest BCUT2D eigenvalue weighted by atomic mass is 9.71. The van der Waals surface area contributed by atoms with Gasteiger partial charge in [-0.15, -0.1) is 11.3 Å². The van der Waals surface area contributed by atoms with Crippen LogP contribution in [0.1, 0.15) is 61.1 Å². The zero-order valence-corrected chi connectivity index (χ0v) is 18.2. The van der Waals surface area contributed by atoms with Crippen LogP contribution in [0.3, 0.4) is 0 Å². The smallest absolute Gasteiger partial charge is 0.225 e. The van der Waals surface area contributed by atoms with Crippen molar-refractivity contribution in [1.29, 1.82) is 0 Å². The summed E-state index contributed by atoms with van der Waals surface area (Å²) in [6.45, 7) is 7.01. The first kappa shape index (κ1) is 19.3. The second kappa shape index (κ2) is 7.11. The minimum absolute atomic E-state index is 0.0785. The van der Waals surface area contributed by atoms with Gasteiger partial charge in [0.15, 0.2) is 11.5 Å². The van der Waals surface area contributed by atoms with E-state index in [0.29, 0.717) is 29.3 Å². The molecule has 1 amide bonds. The molecule has 2 atom stereocenters. The molecule has 1 aromatic heterocycles. The highest BCUT2D eigenvalue weighted by Gasteiger charge is 2.37. The molecule has 0 fully saturated rings. The van der Waals surface area contributed by atoms with Gasteiger partial charge in [0.25, 0.3) is 0 Å². The van der Waals surface area contributed by atoms with Gasteiger partial charge in [-0.1, -0.05) is 26.8 Å². The maximum atomic E-state index is 12.5. The maximum absolute atomic E-state index is 12.5. The Morgan fingerprint density at radius 1 is 1.11 bits per heavy atom. The van der Waals surface area contributed by atoms with Crippen LogP contribution in [-0.4, -0.2) is 20.1 Å². The molecule has 0 unspecified atom stereocenters. The molecule has 0 saturated carbocycles.